The zero-order valence-corrected chi connectivity index (χ0v) is 18.4. The number of carbonyl (C=O) groups is 2. The van der Waals surface area contributed by atoms with Gasteiger partial charge in [-0.15, -0.1) is 0 Å². The molecule has 0 atom stereocenters. The van der Waals surface area contributed by atoms with Crippen LogP contribution >= 0.6 is 0 Å². The van der Waals surface area contributed by atoms with Gasteiger partial charge >= 0.3 is 5.97 Å². The van der Waals surface area contributed by atoms with E-state index in [0.29, 0.717) is 23.0 Å². The number of esters is 1. The van der Waals surface area contributed by atoms with Crippen molar-refractivity contribution in [1.82, 2.24) is 5.43 Å². The van der Waals surface area contributed by atoms with E-state index in [1.54, 1.807) is 36.4 Å². The average Bonchev–Trinajstić information content (AvgIpc) is 2.79. The molecule has 0 aliphatic rings. The van der Waals surface area contributed by atoms with E-state index in [1.165, 1.54) is 11.8 Å². The number of hydrogen-bond acceptors (Lipinski definition) is 5. The summed E-state index contributed by atoms with van der Waals surface area (Å²) in [4.78, 5) is 24.1. The van der Waals surface area contributed by atoms with Crippen LogP contribution in [0, 0.1) is 6.92 Å². The molecule has 6 heteroatoms. The third kappa shape index (κ3) is 6.80. The van der Waals surface area contributed by atoms with Gasteiger partial charge < -0.3 is 9.47 Å². The molecule has 0 heterocycles. The molecular weight excluding hydrogens is 404 g/mol. The molecule has 0 bridgehead atoms. The first-order valence-electron chi connectivity index (χ1n) is 10.3. The minimum absolute atomic E-state index is 0.133. The van der Waals surface area contributed by atoms with E-state index >= 15 is 0 Å². The molecule has 1 N–H and O–H groups in total. The van der Waals surface area contributed by atoms with Crippen molar-refractivity contribution in [3.63, 3.8) is 0 Å². The second kappa shape index (κ2) is 10.9. The lowest BCUT2D eigenvalue weighted by Crippen LogP contribution is -2.24. The van der Waals surface area contributed by atoms with Crippen LogP contribution in [0.2, 0.25) is 0 Å². The summed E-state index contributed by atoms with van der Waals surface area (Å²) in [5.74, 6) is 0.717. The number of hydrogen-bond donors (Lipinski definition) is 1. The molecular formula is C26H26N2O4. The molecule has 0 aliphatic carbocycles. The lowest BCUT2D eigenvalue weighted by Gasteiger charge is -2.08. The molecule has 0 unspecified atom stereocenters. The van der Waals surface area contributed by atoms with Gasteiger partial charge in [0.05, 0.1) is 11.8 Å². The van der Waals surface area contributed by atoms with Crippen LogP contribution in [0.1, 0.15) is 46.8 Å². The van der Waals surface area contributed by atoms with Crippen molar-refractivity contribution in [3.8, 4) is 11.5 Å². The van der Waals surface area contributed by atoms with E-state index in [4.69, 9.17) is 9.47 Å². The summed E-state index contributed by atoms with van der Waals surface area (Å²) in [6.45, 7) is 6.02. The first kappa shape index (κ1) is 22.7. The van der Waals surface area contributed by atoms with Gasteiger partial charge in [-0.05, 0) is 72.5 Å². The molecule has 6 nitrogen and oxygen atoms in total. The van der Waals surface area contributed by atoms with Gasteiger partial charge in [0.1, 0.15) is 11.5 Å². The molecule has 0 radical (unpaired) electrons. The summed E-state index contributed by atoms with van der Waals surface area (Å²) in [5, 5.41) is 3.93. The highest BCUT2D eigenvalue weighted by Crippen LogP contribution is 2.18. The Labute approximate surface area is 187 Å². The van der Waals surface area contributed by atoms with Gasteiger partial charge in [0.15, 0.2) is 6.61 Å². The number of nitrogens with zero attached hydrogens (tertiary/aromatic N) is 1. The molecule has 3 rings (SSSR count). The van der Waals surface area contributed by atoms with Gasteiger partial charge in [-0.3, -0.25) is 4.79 Å². The summed E-state index contributed by atoms with van der Waals surface area (Å²) in [6.07, 6.45) is 1.50. The Morgan fingerprint density at radius 2 is 1.66 bits per heavy atom. The Morgan fingerprint density at radius 1 is 0.969 bits per heavy atom. The van der Waals surface area contributed by atoms with Crippen molar-refractivity contribution in [2.45, 2.75) is 26.7 Å². The van der Waals surface area contributed by atoms with Gasteiger partial charge in [-0.25, -0.2) is 10.2 Å². The lowest BCUT2D eigenvalue weighted by molar-refractivity contribution is -0.123. The Kier molecular flexibility index (Phi) is 7.75. The maximum atomic E-state index is 12.2. The van der Waals surface area contributed by atoms with Gasteiger partial charge in [-0.1, -0.05) is 43.7 Å². The first-order chi connectivity index (χ1) is 15.4. The lowest BCUT2D eigenvalue weighted by atomic mass is 10.0. The summed E-state index contributed by atoms with van der Waals surface area (Å²) < 4.78 is 10.8. The highest BCUT2D eigenvalue weighted by atomic mass is 16.5. The van der Waals surface area contributed by atoms with Crippen LogP contribution in [0.25, 0.3) is 0 Å². The zero-order chi connectivity index (χ0) is 22.9. The Hall–Kier alpha value is -3.93. The van der Waals surface area contributed by atoms with Crippen molar-refractivity contribution in [2.75, 3.05) is 6.61 Å². The second-order valence-corrected chi connectivity index (χ2v) is 7.63. The minimum atomic E-state index is -0.416. The van der Waals surface area contributed by atoms with Gasteiger partial charge in [-0.2, -0.15) is 5.10 Å². The monoisotopic (exact) mass is 430 g/mol. The fourth-order valence-corrected chi connectivity index (χ4v) is 2.87. The third-order valence-corrected chi connectivity index (χ3v) is 4.66. The highest BCUT2D eigenvalue weighted by molar-refractivity contribution is 5.91. The molecule has 0 aliphatic heterocycles. The molecule has 0 aromatic heterocycles. The summed E-state index contributed by atoms with van der Waals surface area (Å²) >= 11 is 0. The highest BCUT2D eigenvalue weighted by Gasteiger charge is 2.08. The molecule has 0 spiro atoms. The van der Waals surface area contributed by atoms with Crippen molar-refractivity contribution < 1.29 is 19.1 Å². The standard InChI is InChI=1S/C26H26N2O4/c1-18(2)21-9-13-23(14-10-21)31-17-25(29)28-27-16-20-7-11-24(12-8-20)32-26(30)22-6-4-5-19(3)15-22/h4-16,18H,17H2,1-3H3,(H,28,29)/b27-16-. The van der Waals surface area contributed by atoms with Crippen LogP contribution in [-0.2, 0) is 4.79 Å². The van der Waals surface area contributed by atoms with E-state index in [0.717, 1.165) is 11.1 Å². The van der Waals surface area contributed by atoms with Crippen molar-refractivity contribution >= 4 is 18.1 Å². The maximum absolute atomic E-state index is 12.2. The largest absolute Gasteiger partial charge is 0.484 e. The van der Waals surface area contributed by atoms with E-state index in [1.807, 2.05) is 43.3 Å². The van der Waals surface area contributed by atoms with Crippen LogP contribution in [0.3, 0.4) is 0 Å². The normalized spacial score (nSPS) is 10.9. The molecule has 3 aromatic carbocycles. The van der Waals surface area contributed by atoms with Crippen LogP contribution in [0.4, 0.5) is 0 Å². The molecule has 164 valence electrons. The number of rotatable bonds is 8. The van der Waals surface area contributed by atoms with E-state index < -0.39 is 5.97 Å². The van der Waals surface area contributed by atoms with Crippen LogP contribution < -0.4 is 14.9 Å². The number of benzene rings is 3. The van der Waals surface area contributed by atoms with Crippen molar-refractivity contribution in [2.24, 2.45) is 5.10 Å². The topological polar surface area (TPSA) is 77.0 Å². The SMILES string of the molecule is Cc1cccc(C(=O)Oc2ccc(/C=N\NC(=O)COc3ccc(C(C)C)cc3)cc2)c1. The number of aryl methyl sites for hydroxylation is 1. The number of carbonyl (C=O) groups excluding carboxylic acids is 2. The van der Waals surface area contributed by atoms with E-state index in [9.17, 15) is 9.59 Å². The average molecular weight is 431 g/mol. The Bertz CT molecular complexity index is 1090. The molecule has 0 saturated carbocycles. The van der Waals surface area contributed by atoms with E-state index in [2.05, 4.69) is 24.4 Å². The number of hydrazone groups is 1. The summed E-state index contributed by atoms with van der Waals surface area (Å²) in [5.41, 5.74) is 5.86. The molecule has 1 amide bonds. The van der Waals surface area contributed by atoms with Crippen LogP contribution in [0.15, 0.2) is 77.9 Å². The predicted molar refractivity (Wildman–Crippen MR) is 124 cm³/mol. The fourth-order valence-electron chi connectivity index (χ4n) is 2.87. The molecule has 0 saturated heterocycles. The molecule has 3 aromatic rings. The first-order valence-corrected chi connectivity index (χ1v) is 10.3. The van der Waals surface area contributed by atoms with Crippen LogP contribution in [0.5, 0.6) is 11.5 Å². The molecule has 0 fully saturated rings. The van der Waals surface area contributed by atoms with Crippen LogP contribution in [-0.4, -0.2) is 24.7 Å². The van der Waals surface area contributed by atoms with Crippen molar-refractivity contribution in [1.29, 1.82) is 0 Å². The Morgan fingerprint density at radius 3 is 2.31 bits per heavy atom. The zero-order valence-electron chi connectivity index (χ0n) is 18.4. The minimum Gasteiger partial charge on any atom is -0.484 e. The number of nitrogens with one attached hydrogen (secondary N) is 1. The fraction of sp³-hybridized carbons (Fsp3) is 0.192. The van der Waals surface area contributed by atoms with Gasteiger partial charge in [0.25, 0.3) is 5.91 Å². The molecule has 32 heavy (non-hydrogen) atoms. The van der Waals surface area contributed by atoms with Gasteiger partial charge in [0, 0.05) is 0 Å². The third-order valence-electron chi connectivity index (χ3n) is 4.66. The smallest absolute Gasteiger partial charge is 0.343 e. The van der Waals surface area contributed by atoms with Gasteiger partial charge in [0.2, 0.25) is 0 Å². The second-order valence-electron chi connectivity index (χ2n) is 7.63. The predicted octanol–water partition coefficient (Wildman–Crippen LogP) is 4.87. The van der Waals surface area contributed by atoms with Crippen molar-refractivity contribution in [3.05, 3.63) is 95.1 Å². The Balaban J connectivity index is 1.45. The summed E-state index contributed by atoms with van der Waals surface area (Å²) in [7, 11) is 0. The summed E-state index contributed by atoms with van der Waals surface area (Å²) in [6, 6.07) is 21.7. The number of ether oxygens (including phenoxy) is 2. The quantitative estimate of drug-likeness (QED) is 0.239. The maximum Gasteiger partial charge on any atom is 0.343 e. The number of amides is 1. The van der Waals surface area contributed by atoms with E-state index in [-0.39, 0.29) is 12.5 Å².